The molecule has 0 saturated heterocycles. The van der Waals surface area contributed by atoms with Crippen LogP contribution in [0.4, 0.5) is 10.1 Å². The fraction of sp³-hybridized carbons (Fsp3) is 0.138. The first-order valence-electron chi connectivity index (χ1n) is 12.4. The Morgan fingerprint density at radius 3 is 2.74 bits per heavy atom. The van der Waals surface area contributed by atoms with Gasteiger partial charge >= 0.3 is 0 Å². The summed E-state index contributed by atoms with van der Waals surface area (Å²) in [5.41, 5.74) is 7.54. The highest BCUT2D eigenvalue weighted by Gasteiger charge is 2.16. The van der Waals surface area contributed by atoms with Crippen molar-refractivity contribution in [2.45, 2.75) is 26.2 Å². The lowest BCUT2D eigenvalue weighted by atomic mass is 10.0. The molecule has 5 aromatic heterocycles. The monoisotopic (exact) mass is 505 g/mol. The van der Waals surface area contributed by atoms with Crippen LogP contribution in [0.25, 0.3) is 55.8 Å². The largest absolute Gasteiger partial charge is 0.338 e. The number of halogens is 1. The van der Waals surface area contributed by atoms with Gasteiger partial charge in [-0.05, 0) is 60.0 Å². The van der Waals surface area contributed by atoms with Crippen molar-refractivity contribution in [2.75, 3.05) is 5.32 Å². The first kappa shape index (κ1) is 23.5. The number of aromatic nitrogens is 6. The van der Waals surface area contributed by atoms with E-state index in [1.54, 1.807) is 30.7 Å². The lowest BCUT2D eigenvalue weighted by Gasteiger charge is -2.07. The van der Waals surface area contributed by atoms with Crippen LogP contribution in [0.2, 0.25) is 0 Å². The van der Waals surface area contributed by atoms with Gasteiger partial charge in [-0.1, -0.05) is 25.5 Å². The Hall–Kier alpha value is -4.92. The highest BCUT2D eigenvalue weighted by atomic mass is 19.1. The summed E-state index contributed by atoms with van der Waals surface area (Å²) in [6.45, 7) is 2.05. The minimum atomic E-state index is -0.279. The maximum absolute atomic E-state index is 13.5. The van der Waals surface area contributed by atoms with Crippen LogP contribution in [-0.2, 0) is 4.79 Å². The molecule has 0 unspecified atom stereocenters. The zero-order valence-corrected chi connectivity index (χ0v) is 20.6. The smallest absolute Gasteiger partial charge is 0.224 e. The zero-order chi connectivity index (χ0) is 26.1. The second-order valence-corrected chi connectivity index (χ2v) is 9.09. The van der Waals surface area contributed by atoms with E-state index in [1.807, 2.05) is 30.3 Å². The van der Waals surface area contributed by atoms with Crippen LogP contribution in [-0.4, -0.2) is 36.0 Å². The molecule has 0 bridgehead atoms. The van der Waals surface area contributed by atoms with Gasteiger partial charge in [-0.15, -0.1) is 0 Å². The van der Waals surface area contributed by atoms with Crippen molar-refractivity contribution in [3.8, 4) is 33.8 Å². The molecule has 0 radical (unpaired) electrons. The molecule has 6 aromatic rings. The third-order valence-electron chi connectivity index (χ3n) is 6.43. The molecule has 9 heteroatoms. The van der Waals surface area contributed by atoms with Gasteiger partial charge in [0, 0.05) is 29.8 Å². The number of carbonyl (C=O) groups is 1. The van der Waals surface area contributed by atoms with Crippen LogP contribution < -0.4 is 5.32 Å². The molecule has 1 aromatic carbocycles. The summed E-state index contributed by atoms with van der Waals surface area (Å²) in [5, 5.41) is 11.4. The number of aromatic amines is 2. The van der Waals surface area contributed by atoms with E-state index in [0.29, 0.717) is 34.7 Å². The van der Waals surface area contributed by atoms with Gasteiger partial charge in [0.25, 0.3) is 0 Å². The van der Waals surface area contributed by atoms with Crippen molar-refractivity contribution in [1.29, 1.82) is 0 Å². The first-order chi connectivity index (χ1) is 18.6. The number of rotatable bonds is 7. The Morgan fingerprint density at radius 1 is 1.03 bits per heavy atom. The summed E-state index contributed by atoms with van der Waals surface area (Å²) in [6, 6.07) is 16.0. The summed E-state index contributed by atoms with van der Waals surface area (Å²) >= 11 is 0. The van der Waals surface area contributed by atoms with Gasteiger partial charge in [-0.25, -0.2) is 14.4 Å². The lowest BCUT2D eigenvalue weighted by Crippen LogP contribution is -2.11. The molecular weight excluding hydrogens is 481 g/mol. The maximum Gasteiger partial charge on any atom is 0.224 e. The second kappa shape index (κ2) is 9.85. The molecule has 0 aliphatic rings. The number of carbonyl (C=O) groups excluding carboxylic acids is 1. The van der Waals surface area contributed by atoms with E-state index >= 15 is 0 Å². The van der Waals surface area contributed by atoms with Gasteiger partial charge in [-0.3, -0.25) is 14.9 Å². The Kier molecular flexibility index (Phi) is 6.09. The number of unbranched alkanes of at least 4 members (excludes halogenated alkanes) is 1. The average Bonchev–Trinajstić information content (AvgIpc) is 3.56. The van der Waals surface area contributed by atoms with Crippen molar-refractivity contribution in [1.82, 2.24) is 30.1 Å². The first-order valence-corrected chi connectivity index (χ1v) is 12.4. The molecule has 0 saturated carbocycles. The number of hydrogen-bond acceptors (Lipinski definition) is 5. The highest BCUT2D eigenvalue weighted by molar-refractivity contribution is 5.99. The Balaban J connectivity index is 1.37. The van der Waals surface area contributed by atoms with Crippen LogP contribution >= 0.6 is 0 Å². The summed E-state index contributed by atoms with van der Waals surface area (Å²) in [4.78, 5) is 29.2. The van der Waals surface area contributed by atoms with Crippen LogP contribution in [0.3, 0.4) is 0 Å². The highest BCUT2D eigenvalue weighted by Crippen LogP contribution is 2.33. The fourth-order valence-electron chi connectivity index (χ4n) is 4.49. The normalized spacial score (nSPS) is 11.3. The van der Waals surface area contributed by atoms with E-state index in [4.69, 9.17) is 4.98 Å². The fourth-order valence-corrected chi connectivity index (χ4v) is 4.49. The topological polar surface area (TPSA) is 112 Å². The van der Waals surface area contributed by atoms with Crippen LogP contribution in [0.1, 0.15) is 26.2 Å². The number of nitrogens with zero attached hydrogens (tertiary/aromatic N) is 4. The summed E-state index contributed by atoms with van der Waals surface area (Å²) < 4.78 is 13.5. The molecular formula is C29H24FN7O. The van der Waals surface area contributed by atoms with Gasteiger partial charge in [0.1, 0.15) is 22.7 Å². The minimum absolute atomic E-state index is 0.0289. The third kappa shape index (κ3) is 4.50. The van der Waals surface area contributed by atoms with Gasteiger partial charge in [0.15, 0.2) is 0 Å². The van der Waals surface area contributed by atoms with Crippen molar-refractivity contribution < 1.29 is 9.18 Å². The van der Waals surface area contributed by atoms with E-state index in [1.165, 1.54) is 12.1 Å². The zero-order valence-electron chi connectivity index (χ0n) is 20.6. The Morgan fingerprint density at radius 2 is 1.89 bits per heavy atom. The predicted octanol–water partition coefficient (Wildman–Crippen LogP) is 6.50. The number of nitrogens with one attached hydrogen (secondary N) is 3. The lowest BCUT2D eigenvalue weighted by molar-refractivity contribution is -0.116. The van der Waals surface area contributed by atoms with Crippen molar-refractivity contribution in [3.63, 3.8) is 0 Å². The standard InChI is InChI=1S/C29H24FN7O/c1-2-3-4-26(38)33-20-13-18(15-31-16-20)23-9-10-24-27(34-23)28(37-36-24)25-14-22-21(11-12-32-29(22)35-25)17-5-7-19(30)8-6-17/h5-16H,2-4H2,1H3,(H,32,35)(H,33,38)(H,36,37). The van der Waals surface area contributed by atoms with E-state index in [-0.39, 0.29) is 11.7 Å². The van der Waals surface area contributed by atoms with Gasteiger partial charge in [0.05, 0.1) is 28.8 Å². The van der Waals surface area contributed by atoms with E-state index in [9.17, 15) is 9.18 Å². The molecule has 188 valence electrons. The quantitative estimate of drug-likeness (QED) is 0.229. The summed E-state index contributed by atoms with van der Waals surface area (Å²) in [7, 11) is 0. The molecule has 6 rings (SSSR count). The number of hydrogen-bond donors (Lipinski definition) is 3. The van der Waals surface area contributed by atoms with Crippen molar-refractivity contribution in [2.24, 2.45) is 0 Å². The molecule has 0 spiro atoms. The van der Waals surface area contributed by atoms with E-state index < -0.39 is 0 Å². The van der Waals surface area contributed by atoms with Gasteiger partial charge in [0.2, 0.25) is 5.91 Å². The molecule has 8 nitrogen and oxygen atoms in total. The minimum Gasteiger partial charge on any atom is -0.338 e. The summed E-state index contributed by atoms with van der Waals surface area (Å²) in [6.07, 6.45) is 7.35. The Labute approximate surface area is 217 Å². The van der Waals surface area contributed by atoms with Crippen LogP contribution in [0.5, 0.6) is 0 Å². The molecule has 0 aliphatic carbocycles. The van der Waals surface area contributed by atoms with Crippen LogP contribution in [0.15, 0.2) is 73.2 Å². The van der Waals surface area contributed by atoms with Gasteiger partial charge in [-0.2, -0.15) is 5.10 Å². The average molecular weight is 506 g/mol. The molecule has 3 N–H and O–H groups in total. The SMILES string of the molecule is CCCCC(=O)Nc1cncc(-c2ccc3[nH]nc(-c4cc5c(-c6ccc(F)cc6)ccnc5[nH]4)c3n2)c1. The van der Waals surface area contributed by atoms with Crippen molar-refractivity contribution in [3.05, 3.63) is 79.0 Å². The van der Waals surface area contributed by atoms with Crippen molar-refractivity contribution >= 4 is 33.7 Å². The number of amides is 1. The van der Waals surface area contributed by atoms with E-state index in [2.05, 4.69) is 37.4 Å². The number of anilines is 1. The predicted molar refractivity (Wildman–Crippen MR) is 146 cm³/mol. The molecule has 5 heterocycles. The molecule has 38 heavy (non-hydrogen) atoms. The van der Waals surface area contributed by atoms with E-state index in [0.717, 1.165) is 46.1 Å². The third-order valence-corrected chi connectivity index (χ3v) is 6.43. The Bertz CT molecular complexity index is 1770. The summed E-state index contributed by atoms with van der Waals surface area (Å²) in [5.74, 6) is -0.308. The number of benzene rings is 1. The number of fused-ring (bicyclic) bond motifs is 2. The molecule has 0 atom stereocenters. The van der Waals surface area contributed by atoms with Gasteiger partial charge < -0.3 is 10.3 Å². The maximum atomic E-state index is 13.5. The second-order valence-electron chi connectivity index (χ2n) is 9.09. The van der Waals surface area contributed by atoms with Crippen LogP contribution in [0, 0.1) is 5.82 Å². The number of pyridine rings is 3. The molecule has 0 fully saturated rings. The molecule has 1 amide bonds. The number of H-pyrrole nitrogens is 2. The molecule has 0 aliphatic heterocycles.